The molecule has 1 aliphatic heterocycles. The summed E-state index contributed by atoms with van der Waals surface area (Å²) in [5.41, 5.74) is 3.06. The summed E-state index contributed by atoms with van der Waals surface area (Å²) in [7, 11) is 0. The number of rotatable bonds is 5. The number of ether oxygens (including phenoxy) is 3. The first-order valence-corrected chi connectivity index (χ1v) is 9.75. The number of hydrogen-bond donors (Lipinski definition) is 2. The zero-order chi connectivity index (χ0) is 20.3. The number of benzene rings is 3. The van der Waals surface area contributed by atoms with Crippen LogP contribution >= 0.6 is 0 Å². The van der Waals surface area contributed by atoms with E-state index in [1.54, 1.807) is 18.2 Å². The van der Waals surface area contributed by atoms with Gasteiger partial charge in [-0.15, -0.1) is 0 Å². The van der Waals surface area contributed by atoms with E-state index in [1.165, 1.54) is 0 Å². The molecule has 0 aliphatic carbocycles. The molecule has 0 spiro atoms. The molecule has 1 aliphatic rings. The lowest BCUT2D eigenvalue weighted by atomic mass is 10.2. The number of fused-ring (bicyclic) bond motifs is 2. The van der Waals surface area contributed by atoms with Crippen molar-refractivity contribution in [3.05, 3.63) is 84.1 Å². The third kappa shape index (κ3) is 3.80. The van der Waals surface area contributed by atoms with Crippen molar-refractivity contribution < 1.29 is 19.0 Å². The molecule has 0 atom stereocenters. The fourth-order valence-corrected chi connectivity index (χ4v) is 3.38. The third-order valence-electron chi connectivity index (χ3n) is 4.89. The van der Waals surface area contributed by atoms with Crippen LogP contribution in [0.25, 0.3) is 10.9 Å². The lowest BCUT2D eigenvalue weighted by Crippen LogP contribution is -2.16. The molecule has 1 aromatic heterocycles. The van der Waals surface area contributed by atoms with E-state index in [4.69, 9.17) is 14.2 Å². The Hall–Kier alpha value is -3.93. The molecule has 150 valence electrons. The molecule has 0 bridgehead atoms. The molecule has 6 heteroatoms. The first-order chi connectivity index (χ1) is 14.7. The van der Waals surface area contributed by atoms with Crippen LogP contribution in [0.15, 0.2) is 72.8 Å². The van der Waals surface area contributed by atoms with Crippen molar-refractivity contribution in [3.8, 4) is 17.2 Å². The Morgan fingerprint density at radius 1 is 0.933 bits per heavy atom. The summed E-state index contributed by atoms with van der Waals surface area (Å²) in [6, 6.07) is 22.9. The minimum Gasteiger partial charge on any atom is -0.489 e. The predicted octanol–water partition coefficient (Wildman–Crippen LogP) is 4.77. The first-order valence-electron chi connectivity index (χ1n) is 9.75. The van der Waals surface area contributed by atoms with Crippen molar-refractivity contribution >= 4 is 22.5 Å². The van der Waals surface area contributed by atoms with Crippen molar-refractivity contribution in [1.82, 2.24) is 4.98 Å². The number of nitrogens with one attached hydrogen (secondary N) is 2. The topological polar surface area (TPSA) is 72.6 Å². The molecular weight excluding hydrogens is 380 g/mol. The van der Waals surface area contributed by atoms with Crippen LogP contribution in [0.4, 0.5) is 5.69 Å². The Morgan fingerprint density at radius 2 is 1.77 bits per heavy atom. The van der Waals surface area contributed by atoms with Gasteiger partial charge in [0.1, 0.15) is 31.3 Å². The maximum absolute atomic E-state index is 12.7. The molecule has 6 nitrogen and oxygen atoms in total. The minimum absolute atomic E-state index is 0.227. The van der Waals surface area contributed by atoms with Gasteiger partial charge in [0.05, 0.1) is 0 Å². The van der Waals surface area contributed by atoms with Crippen molar-refractivity contribution in [2.75, 3.05) is 18.5 Å². The summed E-state index contributed by atoms with van der Waals surface area (Å²) in [5, 5.41) is 3.83. The summed E-state index contributed by atoms with van der Waals surface area (Å²) in [6.07, 6.45) is 0. The molecule has 5 rings (SSSR count). The number of amides is 1. The van der Waals surface area contributed by atoms with Crippen LogP contribution in [0.1, 0.15) is 16.1 Å². The van der Waals surface area contributed by atoms with Gasteiger partial charge in [-0.2, -0.15) is 0 Å². The van der Waals surface area contributed by atoms with E-state index < -0.39 is 0 Å². The van der Waals surface area contributed by atoms with Crippen LogP contribution in [0.5, 0.6) is 17.2 Å². The van der Waals surface area contributed by atoms with E-state index in [2.05, 4.69) is 10.3 Å². The highest BCUT2D eigenvalue weighted by Crippen LogP contribution is 2.32. The Balaban J connectivity index is 1.30. The summed E-state index contributed by atoms with van der Waals surface area (Å²) >= 11 is 0. The lowest BCUT2D eigenvalue weighted by Gasteiger charge is -2.18. The van der Waals surface area contributed by atoms with E-state index in [1.807, 2.05) is 54.6 Å². The maximum Gasteiger partial charge on any atom is 0.272 e. The van der Waals surface area contributed by atoms with Crippen LogP contribution in [-0.4, -0.2) is 24.1 Å². The van der Waals surface area contributed by atoms with Gasteiger partial charge in [-0.3, -0.25) is 4.79 Å². The van der Waals surface area contributed by atoms with Crippen LogP contribution in [0.2, 0.25) is 0 Å². The number of aromatic nitrogens is 1. The summed E-state index contributed by atoms with van der Waals surface area (Å²) in [5.74, 6) is 1.84. The zero-order valence-corrected chi connectivity index (χ0v) is 16.2. The van der Waals surface area contributed by atoms with E-state index in [-0.39, 0.29) is 5.91 Å². The van der Waals surface area contributed by atoms with Crippen LogP contribution in [0.3, 0.4) is 0 Å². The molecular formula is C24H20N2O4. The molecule has 1 amide bonds. The first kappa shape index (κ1) is 18.1. The number of carbonyl (C=O) groups is 1. The van der Waals surface area contributed by atoms with E-state index in [0.717, 1.165) is 22.2 Å². The van der Waals surface area contributed by atoms with Crippen LogP contribution in [0, 0.1) is 0 Å². The molecule has 0 radical (unpaired) electrons. The van der Waals surface area contributed by atoms with Gasteiger partial charge in [-0.1, -0.05) is 30.3 Å². The van der Waals surface area contributed by atoms with E-state index in [9.17, 15) is 4.79 Å². The molecule has 3 aromatic carbocycles. The van der Waals surface area contributed by atoms with Gasteiger partial charge in [0.2, 0.25) is 0 Å². The molecule has 0 fully saturated rings. The smallest absolute Gasteiger partial charge is 0.272 e. The second-order valence-corrected chi connectivity index (χ2v) is 7.02. The summed E-state index contributed by atoms with van der Waals surface area (Å²) in [4.78, 5) is 15.9. The Morgan fingerprint density at radius 3 is 2.63 bits per heavy atom. The second-order valence-electron chi connectivity index (χ2n) is 7.02. The number of anilines is 1. The number of H-pyrrole nitrogens is 1. The van der Waals surface area contributed by atoms with Gasteiger partial charge in [0.15, 0.2) is 11.5 Å². The Labute approximate surface area is 173 Å². The third-order valence-corrected chi connectivity index (χ3v) is 4.89. The van der Waals surface area contributed by atoms with Gasteiger partial charge in [-0.25, -0.2) is 0 Å². The summed E-state index contributed by atoms with van der Waals surface area (Å²) < 4.78 is 17.0. The largest absolute Gasteiger partial charge is 0.489 e. The fourth-order valence-electron chi connectivity index (χ4n) is 3.38. The molecule has 0 saturated carbocycles. The highest BCUT2D eigenvalue weighted by molar-refractivity contribution is 6.06. The van der Waals surface area contributed by atoms with Gasteiger partial charge in [0.25, 0.3) is 5.91 Å². The lowest BCUT2D eigenvalue weighted by molar-refractivity contribution is 0.102. The quantitative estimate of drug-likeness (QED) is 0.506. The highest BCUT2D eigenvalue weighted by atomic mass is 16.6. The summed E-state index contributed by atoms with van der Waals surface area (Å²) in [6.45, 7) is 1.52. The van der Waals surface area contributed by atoms with Gasteiger partial charge in [-0.05, 0) is 35.9 Å². The monoisotopic (exact) mass is 400 g/mol. The van der Waals surface area contributed by atoms with Gasteiger partial charge < -0.3 is 24.5 Å². The average Bonchev–Trinajstić information content (AvgIpc) is 3.22. The Kier molecular flexibility index (Phi) is 4.73. The molecule has 0 saturated heterocycles. The Bertz CT molecular complexity index is 1200. The van der Waals surface area contributed by atoms with Gasteiger partial charge in [0, 0.05) is 28.7 Å². The van der Waals surface area contributed by atoms with E-state index in [0.29, 0.717) is 42.7 Å². The van der Waals surface area contributed by atoms with Crippen molar-refractivity contribution in [3.63, 3.8) is 0 Å². The van der Waals surface area contributed by atoms with Crippen LogP contribution < -0.4 is 19.5 Å². The SMILES string of the molecule is O=C(Nc1ccc2c(c1)OCCO2)c1cc2ccc(OCc3ccccc3)cc2[nH]1. The number of aromatic amines is 1. The fraction of sp³-hybridized carbons (Fsp3) is 0.125. The highest BCUT2D eigenvalue weighted by Gasteiger charge is 2.15. The minimum atomic E-state index is -0.227. The predicted molar refractivity (Wildman–Crippen MR) is 114 cm³/mol. The normalized spacial score (nSPS) is 12.5. The standard InChI is InChI=1S/C24H20N2O4/c27-24(25-18-7-9-22-23(13-18)29-11-10-28-22)21-12-17-6-8-19(14-20(17)26-21)30-15-16-4-2-1-3-5-16/h1-9,12-14,26H,10-11,15H2,(H,25,27). The molecule has 0 unspecified atom stereocenters. The number of carbonyl (C=O) groups excluding carboxylic acids is 1. The number of hydrogen-bond acceptors (Lipinski definition) is 4. The van der Waals surface area contributed by atoms with Crippen LogP contribution in [-0.2, 0) is 6.61 Å². The van der Waals surface area contributed by atoms with Crippen molar-refractivity contribution in [1.29, 1.82) is 0 Å². The maximum atomic E-state index is 12.7. The molecule has 4 aromatic rings. The molecule has 2 N–H and O–H groups in total. The average molecular weight is 400 g/mol. The van der Waals surface area contributed by atoms with Crippen molar-refractivity contribution in [2.45, 2.75) is 6.61 Å². The van der Waals surface area contributed by atoms with E-state index >= 15 is 0 Å². The zero-order valence-electron chi connectivity index (χ0n) is 16.2. The molecule has 2 heterocycles. The molecule has 30 heavy (non-hydrogen) atoms. The second kappa shape index (κ2) is 7.83. The van der Waals surface area contributed by atoms with Crippen molar-refractivity contribution in [2.24, 2.45) is 0 Å². The van der Waals surface area contributed by atoms with Gasteiger partial charge >= 0.3 is 0 Å².